The molecule has 0 fully saturated rings. The van der Waals surface area contributed by atoms with Gasteiger partial charge >= 0.3 is 5.76 Å². The van der Waals surface area contributed by atoms with Crippen molar-refractivity contribution in [3.05, 3.63) is 0 Å². The molecule has 0 heterocycles. The Labute approximate surface area is 69.9 Å². The molecule has 0 unspecified atom stereocenters. The minimum Gasteiger partial charge on any atom is -0.287 e. The highest BCUT2D eigenvalue weighted by Crippen LogP contribution is 2.01. The van der Waals surface area contributed by atoms with Crippen molar-refractivity contribution in [2.24, 2.45) is 5.92 Å². The van der Waals surface area contributed by atoms with Crippen molar-refractivity contribution in [1.29, 1.82) is 0 Å². The molecule has 12 heavy (non-hydrogen) atoms. The molecule has 0 saturated heterocycles. The van der Waals surface area contributed by atoms with Gasteiger partial charge in [0, 0.05) is 0 Å². The van der Waals surface area contributed by atoms with E-state index in [0.717, 1.165) is 0 Å². The first-order chi connectivity index (χ1) is 5.36. The maximum absolute atomic E-state index is 11.6. The van der Waals surface area contributed by atoms with Gasteiger partial charge < -0.3 is 0 Å². The molecule has 0 aliphatic heterocycles. The summed E-state index contributed by atoms with van der Waals surface area (Å²) in [6, 6.07) is 0. The third-order valence-electron chi connectivity index (χ3n) is 0.826. The van der Waals surface area contributed by atoms with Gasteiger partial charge in [0.2, 0.25) is 0 Å². The number of hydrogen-bond donors (Lipinski definition) is 1. The zero-order valence-corrected chi connectivity index (χ0v) is 7.57. The minimum absolute atomic E-state index is 0.0615. The first kappa shape index (κ1) is 11.7. The van der Waals surface area contributed by atoms with E-state index in [1.165, 1.54) is 4.89 Å². The van der Waals surface area contributed by atoms with Gasteiger partial charge in [-0.05, 0) is 5.92 Å². The van der Waals surface area contributed by atoms with E-state index in [4.69, 9.17) is 0 Å². The van der Waals surface area contributed by atoms with E-state index in [9.17, 15) is 17.2 Å². The van der Waals surface area contributed by atoms with E-state index in [0.29, 0.717) is 0 Å². The fraction of sp³-hybridized carbons (Fsp3) is 1.00. The van der Waals surface area contributed by atoms with E-state index in [2.05, 4.69) is 4.84 Å². The first-order valence-corrected chi connectivity index (χ1v) is 4.81. The van der Waals surface area contributed by atoms with Gasteiger partial charge in [-0.2, -0.15) is 8.78 Å². The lowest BCUT2D eigenvalue weighted by molar-refractivity contribution is 0.0660. The molecule has 4 nitrogen and oxygen atoms in total. The number of hydrogen-bond acceptors (Lipinski definition) is 3. The van der Waals surface area contributed by atoms with E-state index in [1.54, 1.807) is 13.8 Å². The molecule has 0 atom stereocenters. The van der Waals surface area contributed by atoms with E-state index in [-0.39, 0.29) is 12.5 Å². The molecule has 1 N–H and O–H groups in total. The summed E-state index contributed by atoms with van der Waals surface area (Å²) in [5.41, 5.74) is 0. The lowest BCUT2D eigenvalue weighted by Crippen LogP contribution is -2.30. The predicted octanol–water partition coefficient (Wildman–Crippen LogP) is 0.716. The molecule has 0 spiro atoms. The number of alkyl halides is 2. The average Bonchev–Trinajstić information content (AvgIpc) is 1.85. The number of sulfonamides is 1. The van der Waals surface area contributed by atoms with Crippen LogP contribution >= 0.6 is 0 Å². The van der Waals surface area contributed by atoms with Gasteiger partial charge in [0.25, 0.3) is 10.0 Å². The molecule has 0 amide bonds. The van der Waals surface area contributed by atoms with Gasteiger partial charge in [-0.1, -0.05) is 18.7 Å². The van der Waals surface area contributed by atoms with Gasteiger partial charge in [-0.15, -0.1) is 0 Å². The Bertz CT molecular complexity index is 215. The Morgan fingerprint density at radius 1 is 1.42 bits per heavy atom. The van der Waals surface area contributed by atoms with Crippen LogP contribution in [-0.2, 0) is 14.9 Å². The molecular formula is C5H11F2NO3S. The van der Waals surface area contributed by atoms with Crippen molar-refractivity contribution in [2.75, 3.05) is 6.61 Å². The maximum atomic E-state index is 11.6. The second kappa shape index (κ2) is 4.68. The SMILES string of the molecule is CC(C)CONS(=O)(=O)C(F)F. The Morgan fingerprint density at radius 2 is 1.92 bits per heavy atom. The van der Waals surface area contributed by atoms with Crippen molar-refractivity contribution in [2.45, 2.75) is 19.6 Å². The molecule has 0 saturated carbocycles. The molecule has 0 aromatic heterocycles. The van der Waals surface area contributed by atoms with Gasteiger partial charge in [-0.3, -0.25) is 4.84 Å². The van der Waals surface area contributed by atoms with Crippen molar-refractivity contribution in [1.82, 2.24) is 4.89 Å². The van der Waals surface area contributed by atoms with Gasteiger partial charge in [0.05, 0.1) is 6.61 Å². The largest absolute Gasteiger partial charge is 0.352 e. The summed E-state index contributed by atoms with van der Waals surface area (Å²) in [5, 5.41) is 0. The van der Waals surface area contributed by atoms with Crippen LogP contribution in [0.5, 0.6) is 0 Å². The molecule has 74 valence electrons. The molecule has 7 heteroatoms. The normalized spacial score (nSPS) is 12.8. The zero-order valence-electron chi connectivity index (χ0n) is 6.75. The molecular weight excluding hydrogens is 192 g/mol. The summed E-state index contributed by atoms with van der Waals surface area (Å²) in [7, 11) is -4.60. The standard InChI is InChI=1S/C5H11F2NO3S/c1-4(2)3-11-8-12(9,10)5(6)7/h4-5,8H,3H2,1-2H3. The molecule has 0 bridgehead atoms. The predicted molar refractivity (Wildman–Crippen MR) is 38.8 cm³/mol. The average molecular weight is 203 g/mol. The molecule has 0 radical (unpaired) electrons. The van der Waals surface area contributed by atoms with Crippen LogP contribution in [0.15, 0.2) is 0 Å². The monoisotopic (exact) mass is 203 g/mol. The second-order valence-electron chi connectivity index (χ2n) is 2.59. The Hall–Kier alpha value is -0.270. The highest BCUT2D eigenvalue weighted by Gasteiger charge is 2.23. The number of rotatable bonds is 5. The third-order valence-corrected chi connectivity index (χ3v) is 1.65. The number of halogens is 2. The topological polar surface area (TPSA) is 55.4 Å². The summed E-state index contributed by atoms with van der Waals surface area (Å²) < 4.78 is 43.9. The van der Waals surface area contributed by atoms with Gasteiger partial charge in [-0.25, -0.2) is 8.42 Å². The highest BCUT2D eigenvalue weighted by atomic mass is 32.2. The van der Waals surface area contributed by atoms with E-state index >= 15 is 0 Å². The lowest BCUT2D eigenvalue weighted by Gasteiger charge is -2.07. The van der Waals surface area contributed by atoms with Gasteiger partial charge in [0.1, 0.15) is 0 Å². The summed E-state index contributed by atoms with van der Waals surface area (Å²) >= 11 is 0. The quantitative estimate of drug-likeness (QED) is 0.670. The molecule has 0 rings (SSSR count). The van der Waals surface area contributed by atoms with Crippen molar-refractivity contribution in [3.8, 4) is 0 Å². The highest BCUT2D eigenvalue weighted by molar-refractivity contribution is 7.89. The van der Waals surface area contributed by atoms with Crippen molar-refractivity contribution >= 4 is 10.0 Å². The summed E-state index contributed by atoms with van der Waals surface area (Å²) in [5.74, 6) is -3.38. The maximum Gasteiger partial charge on any atom is 0.352 e. The van der Waals surface area contributed by atoms with Crippen LogP contribution in [-0.4, -0.2) is 20.8 Å². The van der Waals surface area contributed by atoms with Crippen LogP contribution < -0.4 is 4.89 Å². The Kier molecular flexibility index (Phi) is 4.58. The van der Waals surface area contributed by atoms with Gasteiger partial charge in [0.15, 0.2) is 0 Å². The molecule has 0 aromatic carbocycles. The summed E-state index contributed by atoms with van der Waals surface area (Å²) in [6.45, 7) is 3.58. The van der Waals surface area contributed by atoms with Crippen LogP contribution in [0, 0.1) is 5.92 Å². The van der Waals surface area contributed by atoms with Crippen LogP contribution in [0.2, 0.25) is 0 Å². The molecule has 0 aromatic rings. The Morgan fingerprint density at radius 3 is 2.25 bits per heavy atom. The van der Waals surface area contributed by atoms with Crippen LogP contribution in [0.4, 0.5) is 8.78 Å². The lowest BCUT2D eigenvalue weighted by atomic mass is 10.2. The van der Waals surface area contributed by atoms with E-state index < -0.39 is 15.8 Å². The third kappa shape index (κ3) is 4.58. The molecule has 0 aliphatic carbocycles. The Balaban J connectivity index is 3.79. The zero-order chi connectivity index (χ0) is 9.78. The van der Waals surface area contributed by atoms with Crippen LogP contribution in [0.3, 0.4) is 0 Å². The molecule has 0 aliphatic rings. The smallest absolute Gasteiger partial charge is 0.287 e. The van der Waals surface area contributed by atoms with Crippen LogP contribution in [0.1, 0.15) is 13.8 Å². The fourth-order valence-electron chi connectivity index (χ4n) is 0.319. The number of nitrogens with one attached hydrogen (secondary N) is 1. The summed E-state index contributed by atoms with van der Waals surface area (Å²) in [6.07, 6.45) is 0. The van der Waals surface area contributed by atoms with E-state index in [1.807, 2.05) is 0 Å². The summed E-state index contributed by atoms with van der Waals surface area (Å²) in [4.78, 5) is 5.62. The van der Waals surface area contributed by atoms with Crippen molar-refractivity contribution < 1.29 is 22.0 Å². The second-order valence-corrected chi connectivity index (χ2v) is 4.21. The van der Waals surface area contributed by atoms with Crippen molar-refractivity contribution in [3.63, 3.8) is 0 Å². The fourth-order valence-corrected chi connectivity index (χ4v) is 0.624. The van der Waals surface area contributed by atoms with Crippen LogP contribution in [0.25, 0.3) is 0 Å². The minimum atomic E-state index is -4.60. The first-order valence-electron chi connectivity index (χ1n) is 3.27.